The highest BCUT2D eigenvalue weighted by atomic mass is 32.2. The Bertz CT molecular complexity index is 815. The number of allylic oxidation sites excluding steroid dienone is 1. The van der Waals surface area contributed by atoms with Crippen LogP contribution in [0.2, 0.25) is 0 Å². The first-order valence-electron chi connectivity index (χ1n) is 7.76. The third kappa shape index (κ3) is 3.52. The van der Waals surface area contributed by atoms with Crippen LogP contribution >= 0.6 is 24.0 Å². The predicted octanol–water partition coefficient (Wildman–Crippen LogP) is 4.84. The summed E-state index contributed by atoms with van der Waals surface area (Å²) in [5.41, 5.74) is 3.05. The third-order valence-electron chi connectivity index (χ3n) is 3.67. The van der Waals surface area contributed by atoms with Gasteiger partial charge in [0.2, 0.25) is 0 Å². The number of nitrogens with one attached hydrogen (secondary N) is 1. The summed E-state index contributed by atoms with van der Waals surface area (Å²) < 4.78 is 0. The molecule has 122 valence electrons. The quantitative estimate of drug-likeness (QED) is 0.628. The molecule has 2 aromatic rings. The summed E-state index contributed by atoms with van der Waals surface area (Å²) in [5.74, 6) is 0.0624. The van der Waals surface area contributed by atoms with Crippen molar-refractivity contribution in [1.29, 1.82) is 0 Å². The first-order valence-corrected chi connectivity index (χ1v) is 8.99. The van der Waals surface area contributed by atoms with Crippen molar-refractivity contribution in [2.45, 2.75) is 18.7 Å². The third-order valence-corrected chi connectivity index (χ3v) is 5.12. The van der Waals surface area contributed by atoms with Gasteiger partial charge in [-0.2, -0.15) is 0 Å². The lowest BCUT2D eigenvalue weighted by molar-refractivity contribution is -0.112. The van der Waals surface area contributed by atoms with E-state index in [0.717, 1.165) is 33.4 Å². The molecule has 1 aliphatic rings. The second-order valence-electron chi connectivity index (χ2n) is 5.44. The average molecular weight is 355 g/mol. The molecule has 0 aromatic heterocycles. The summed E-state index contributed by atoms with van der Waals surface area (Å²) in [7, 11) is 0. The summed E-state index contributed by atoms with van der Waals surface area (Å²) in [6.45, 7) is 4.47. The largest absolute Gasteiger partial charge is 0.346 e. The predicted molar refractivity (Wildman–Crippen MR) is 106 cm³/mol. The molecule has 3 nitrogen and oxygen atoms in total. The van der Waals surface area contributed by atoms with Gasteiger partial charge < -0.3 is 10.2 Å². The van der Waals surface area contributed by atoms with Crippen LogP contribution in [0.3, 0.4) is 0 Å². The van der Waals surface area contributed by atoms with Gasteiger partial charge in [0.15, 0.2) is 5.78 Å². The molecule has 0 bridgehead atoms. The molecule has 0 saturated heterocycles. The number of carbonyl (C=O) groups is 1. The van der Waals surface area contributed by atoms with Crippen LogP contribution in [0.25, 0.3) is 0 Å². The molecule has 0 aliphatic carbocycles. The van der Waals surface area contributed by atoms with Crippen molar-refractivity contribution in [2.75, 3.05) is 16.8 Å². The van der Waals surface area contributed by atoms with E-state index in [4.69, 9.17) is 12.2 Å². The van der Waals surface area contributed by atoms with E-state index >= 15 is 0 Å². The number of hydrogen-bond donors (Lipinski definition) is 1. The molecular weight excluding hydrogens is 336 g/mol. The van der Waals surface area contributed by atoms with Crippen LogP contribution in [0.1, 0.15) is 19.4 Å². The average Bonchev–Trinajstić information content (AvgIpc) is 2.91. The van der Waals surface area contributed by atoms with E-state index in [1.165, 1.54) is 0 Å². The normalized spacial score (nSPS) is 14.6. The molecule has 0 atom stereocenters. The molecule has 1 aliphatic heterocycles. The number of ketones is 1. The zero-order valence-electron chi connectivity index (χ0n) is 13.6. The molecule has 5 heteroatoms. The molecule has 3 rings (SSSR count). The Morgan fingerprint density at radius 2 is 2.00 bits per heavy atom. The highest BCUT2D eigenvalue weighted by Gasteiger charge is 2.24. The maximum absolute atomic E-state index is 11.4. The van der Waals surface area contributed by atoms with Gasteiger partial charge in [-0.05, 0) is 32.0 Å². The molecule has 0 amide bonds. The topological polar surface area (TPSA) is 32.3 Å². The lowest BCUT2D eigenvalue weighted by atomic mass is 10.2. The van der Waals surface area contributed by atoms with Gasteiger partial charge >= 0.3 is 0 Å². The highest BCUT2D eigenvalue weighted by Crippen LogP contribution is 2.46. The summed E-state index contributed by atoms with van der Waals surface area (Å²) in [6.07, 6.45) is 1.69. The fourth-order valence-electron chi connectivity index (χ4n) is 2.58. The van der Waals surface area contributed by atoms with Gasteiger partial charge in [0, 0.05) is 28.8 Å². The molecular formula is C19H18N2OS2. The highest BCUT2D eigenvalue weighted by molar-refractivity contribution is 8.03. The van der Waals surface area contributed by atoms with E-state index in [9.17, 15) is 4.79 Å². The molecule has 0 spiro atoms. The van der Waals surface area contributed by atoms with Crippen molar-refractivity contribution in [3.8, 4) is 0 Å². The van der Waals surface area contributed by atoms with E-state index < -0.39 is 0 Å². The number of thiocarbonyl (C=S) groups is 1. The Labute approximate surface area is 151 Å². The van der Waals surface area contributed by atoms with Crippen molar-refractivity contribution in [3.63, 3.8) is 0 Å². The Hall–Kier alpha value is -2.11. The Balaban J connectivity index is 1.85. The summed E-state index contributed by atoms with van der Waals surface area (Å²) >= 11 is 7.11. The SMILES string of the molecule is CCN1/C(=C/C(C)=O)Sc2ccc(NC(=S)c3ccccc3)cc21. The second kappa shape index (κ2) is 7.20. The second-order valence-corrected chi connectivity index (χ2v) is 6.91. The fourth-order valence-corrected chi connectivity index (χ4v) is 4.03. The van der Waals surface area contributed by atoms with E-state index in [1.54, 1.807) is 24.8 Å². The van der Waals surface area contributed by atoms with Gasteiger partial charge in [0.1, 0.15) is 4.99 Å². The Morgan fingerprint density at radius 1 is 1.25 bits per heavy atom. The molecule has 2 aromatic carbocycles. The molecule has 1 heterocycles. The molecule has 0 fully saturated rings. The minimum absolute atomic E-state index is 0.0624. The zero-order valence-corrected chi connectivity index (χ0v) is 15.2. The first kappa shape index (κ1) is 16.7. The number of hydrogen-bond acceptors (Lipinski definition) is 4. The minimum Gasteiger partial charge on any atom is -0.346 e. The van der Waals surface area contributed by atoms with Gasteiger partial charge in [0.25, 0.3) is 0 Å². The smallest absolute Gasteiger partial charge is 0.155 e. The lowest BCUT2D eigenvalue weighted by Crippen LogP contribution is -2.17. The van der Waals surface area contributed by atoms with Crippen molar-refractivity contribution >= 4 is 46.1 Å². The van der Waals surface area contributed by atoms with Crippen LogP contribution in [0.5, 0.6) is 0 Å². The van der Waals surface area contributed by atoms with Crippen LogP contribution < -0.4 is 10.2 Å². The van der Waals surface area contributed by atoms with Crippen molar-refractivity contribution < 1.29 is 4.79 Å². The number of rotatable bonds is 4. The molecule has 0 unspecified atom stereocenters. The summed E-state index contributed by atoms with van der Waals surface area (Å²) in [6, 6.07) is 16.1. The van der Waals surface area contributed by atoms with Gasteiger partial charge in [0.05, 0.1) is 10.7 Å². The van der Waals surface area contributed by atoms with Crippen LogP contribution in [0, 0.1) is 0 Å². The molecule has 1 N–H and O–H groups in total. The number of anilines is 2. The Kier molecular flexibility index (Phi) is 5.02. The van der Waals surface area contributed by atoms with Gasteiger partial charge in [-0.15, -0.1) is 0 Å². The lowest BCUT2D eigenvalue weighted by Gasteiger charge is -2.18. The monoisotopic (exact) mass is 354 g/mol. The number of nitrogens with zero attached hydrogens (tertiary/aromatic N) is 1. The van der Waals surface area contributed by atoms with Crippen molar-refractivity contribution in [3.05, 3.63) is 65.2 Å². The Morgan fingerprint density at radius 3 is 2.67 bits per heavy atom. The molecule has 0 saturated carbocycles. The van der Waals surface area contributed by atoms with Crippen molar-refractivity contribution in [2.24, 2.45) is 0 Å². The number of carbonyl (C=O) groups excluding carboxylic acids is 1. The number of fused-ring (bicyclic) bond motifs is 1. The number of thioether (sulfide) groups is 1. The number of benzene rings is 2. The maximum Gasteiger partial charge on any atom is 0.155 e. The first-order chi connectivity index (χ1) is 11.6. The van der Waals surface area contributed by atoms with Crippen LogP contribution in [-0.2, 0) is 4.79 Å². The van der Waals surface area contributed by atoms with E-state index in [-0.39, 0.29) is 5.78 Å². The van der Waals surface area contributed by atoms with Crippen LogP contribution in [0.4, 0.5) is 11.4 Å². The van der Waals surface area contributed by atoms with Crippen molar-refractivity contribution in [1.82, 2.24) is 0 Å². The maximum atomic E-state index is 11.4. The van der Waals surface area contributed by atoms with E-state index in [1.807, 2.05) is 36.4 Å². The van der Waals surface area contributed by atoms with E-state index in [2.05, 4.69) is 29.3 Å². The van der Waals surface area contributed by atoms with Crippen LogP contribution in [-0.4, -0.2) is 17.3 Å². The van der Waals surface area contributed by atoms with Gasteiger partial charge in [-0.25, -0.2) is 0 Å². The summed E-state index contributed by atoms with van der Waals surface area (Å²) in [5, 5.41) is 4.27. The van der Waals surface area contributed by atoms with Crippen LogP contribution in [0.15, 0.2) is 64.5 Å². The standard InChI is InChI=1S/C19H18N2OS2/c1-3-21-16-12-15(20-19(23)14-7-5-4-6-8-14)9-10-17(16)24-18(21)11-13(2)22/h4-12H,3H2,1-2H3,(H,20,23)/b18-11-. The van der Waals surface area contributed by atoms with Gasteiger partial charge in [-0.3, -0.25) is 4.79 Å². The van der Waals surface area contributed by atoms with E-state index in [0.29, 0.717) is 4.99 Å². The zero-order chi connectivity index (χ0) is 17.1. The fraction of sp³-hybridized carbons (Fsp3) is 0.158. The molecule has 24 heavy (non-hydrogen) atoms. The summed E-state index contributed by atoms with van der Waals surface area (Å²) in [4.78, 5) is 15.4. The minimum atomic E-state index is 0.0624. The van der Waals surface area contributed by atoms with Gasteiger partial charge in [-0.1, -0.05) is 54.3 Å². The molecule has 0 radical (unpaired) electrons.